The van der Waals surface area contributed by atoms with Crippen molar-refractivity contribution in [1.82, 2.24) is 10.6 Å². The van der Waals surface area contributed by atoms with Crippen LogP contribution in [-0.2, 0) is 6.54 Å². The number of hydrogen-bond donors (Lipinski definition) is 2. The summed E-state index contributed by atoms with van der Waals surface area (Å²) in [6, 6.07) is 8.34. The lowest BCUT2D eigenvalue weighted by molar-refractivity contribution is 0.242. The smallest absolute Gasteiger partial charge is 0.119 e. The summed E-state index contributed by atoms with van der Waals surface area (Å²) >= 11 is 0. The summed E-state index contributed by atoms with van der Waals surface area (Å²) < 4.78 is 5.63. The first-order valence-electron chi connectivity index (χ1n) is 7.26. The molecule has 0 aliphatic carbocycles. The molecule has 3 nitrogen and oxygen atoms in total. The second-order valence-corrected chi connectivity index (χ2v) is 5.27. The first-order valence-corrected chi connectivity index (χ1v) is 7.26. The minimum atomic E-state index is 0.232. The zero-order valence-electron chi connectivity index (χ0n) is 12.7. The van der Waals surface area contributed by atoms with Crippen LogP contribution in [0, 0.1) is 5.92 Å². The topological polar surface area (TPSA) is 33.3 Å². The zero-order chi connectivity index (χ0) is 14.1. The third kappa shape index (κ3) is 6.60. The van der Waals surface area contributed by atoms with E-state index < -0.39 is 0 Å². The van der Waals surface area contributed by atoms with Gasteiger partial charge < -0.3 is 15.4 Å². The van der Waals surface area contributed by atoms with Gasteiger partial charge in [0.05, 0.1) is 6.10 Å². The van der Waals surface area contributed by atoms with Crippen molar-refractivity contribution in [1.29, 1.82) is 0 Å². The maximum Gasteiger partial charge on any atom is 0.119 e. The van der Waals surface area contributed by atoms with Gasteiger partial charge in [-0.3, -0.25) is 0 Å². The van der Waals surface area contributed by atoms with Crippen LogP contribution in [0.15, 0.2) is 24.3 Å². The number of nitrogens with one attached hydrogen (secondary N) is 2. The van der Waals surface area contributed by atoms with Crippen LogP contribution >= 0.6 is 0 Å². The van der Waals surface area contributed by atoms with Gasteiger partial charge in [-0.1, -0.05) is 25.5 Å². The fourth-order valence-electron chi connectivity index (χ4n) is 2.03. The molecular formula is C16H28N2O. The molecule has 1 aromatic carbocycles. The highest BCUT2D eigenvalue weighted by Crippen LogP contribution is 2.13. The highest BCUT2D eigenvalue weighted by atomic mass is 16.5. The highest BCUT2D eigenvalue weighted by molar-refractivity contribution is 5.27. The fourth-order valence-corrected chi connectivity index (χ4v) is 2.03. The Kier molecular flexibility index (Phi) is 7.53. The number of hydrogen-bond acceptors (Lipinski definition) is 3. The second-order valence-electron chi connectivity index (χ2n) is 5.27. The van der Waals surface area contributed by atoms with Crippen molar-refractivity contribution < 1.29 is 4.74 Å². The average molecular weight is 264 g/mol. The predicted molar refractivity (Wildman–Crippen MR) is 81.6 cm³/mol. The van der Waals surface area contributed by atoms with Gasteiger partial charge in [-0.25, -0.2) is 0 Å². The number of ether oxygens (including phenoxy) is 1. The van der Waals surface area contributed by atoms with E-state index >= 15 is 0 Å². The van der Waals surface area contributed by atoms with Crippen LogP contribution in [0.3, 0.4) is 0 Å². The van der Waals surface area contributed by atoms with E-state index in [1.807, 2.05) is 33.0 Å². The molecule has 0 bridgehead atoms. The molecule has 1 unspecified atom stereocenters. The zero-order valence-corrected chi connectivity index (χ0v) is 12.7. The second kappa shape index (κ2) is 8.94. The number of rotatable bonds is 9. The van der Waals surface area contributed by atoms with Gasteiger partial charge in [0.1, 0.15) is 5.75 Å². The Morgan fingerprint density at radius 3 is 2.32 bits per heavy atom. The maximum absolute atomic E-state index is 5.63. The monoisotopic (exact) mass is 264 g/mol. The maximum atomic E-state index is 5.63. The Balaban J connectivity index is 2.33. The molecule has 1 rings (SSSR count). The van der Waals surface area contributed by atoms with E-state index in [2.05, 4.69) is 29.7 Å². The van der Waals surface area contributed by atoms with E-state index in [1.165, 1.54) is 12.0 Å². The molecule has 0 saturated carbocycles. The van der Waals surface area contributed by atoms with Crippen molar-refractivity contribution >= 4 is 0 Å². The molecule has 2 N–H and O–H groups in total. The summed E-state index contributed by atoms with van der Waals surface area (Å²) in [7, 11) is 2.01. The first kappa shape index (κ1) is 16.0. The highest BCUT2D eigenvalue weighted by Gasteiger charge is 2.04. The molecule has 0 spiro atoms. The third-order valence-corrected chi connectivity index (χ3v) is 3.13. The van der Waals surface area contributed by atoms with E-state index in [-0.39, 0.29) is 6.10 Å². The Hall–Kier alpha value is -1.06. The largest absolute Gasteiger partial charge is 0.491 e. The lowest BCUT2D eigenvalue weighted by Gasteiger charge is -2.15. The summed E-state index contributed by atoms with van der Waals surface area (Å²) in [5.41, 5.74) is 1.30. The van der Waals surface area contributed by atoms with Crippen molar-refractivity contribution in [3.8, 4) is 5.75 Å². The van der Waals surface area contributed by atoms with Crippen molar-refractivity contribution in [3.05, 3.63) is 29.8 Å². The van der Waals surface area contributed by atoms with E-state index in [0.29, 0.717) is 5.92 Å². The predicted octanol–water partition coefficient (Wildman–Crippen LogP) is 2.81. The van der Waals surface area contributed by atoms with Gasteiger partial charge >= 0.3 is 0 Å². The van der Waals surface area contributed by atoms with Crippen LogP contribution in [0.2, 0.25) is 0 Å². The standard InChI is InChI=1S/C16H28N2O/c1-5-14(10-17-4)11-18-12-15-6-8-16(9-7-15)19-13(2)3/h6-9,13-14,17-18H,5,10-12H2,1-4H3. The van der Waals surface area contributed by atoms with Gasteiger partial charge in [0.25, 0.3) is 0 Å². The lowest BCUT2D eigenvalue weighted by atomic mass is 10.1. The van der Waals surface area contributed by atoms with Crippen LogP contribution in [0.5, 0.6) is 5.75 Å². The van der Waals surface area contributed by atoms with E-state index in [1.54, 1.807) is 0 Å². The molecule has 0 amide bonds. The molecule has 1 atom stereocenters. The summed E-state index contributed by atoms with van der Waals surface area (Å²) in [5.74, 6) is 1.65. The molecule has 3 heteroatoms. The molecule has 19 heavy (non-hydrogen) atoms. The van der Waals surface area contributed by atoms with Gasteiger partial charge in [0, 0.05) is 6.54 Å². The summed E-state index contributed by atoms with van der Waals surface area (Å²) in [5, 5.41) is 6.75. The quantitative estimate of drug-likeness (QED) is 0.719. The normalized spacial score (nSPS) is 12.7. The Morgan fingerprint density at radius 1 is 1.11 bits per heavy atom. The summed E-state index contributed by atoms with van der Waals surface area (Å²) in [6.07, 6.45) is 1.44. The molecule has 108 valence electrons. The van der Waals surface area contributed by atoms with Gasteiger partial charge in [-0.05, 0) is 57.6 Å². The average Bonchev–Trinajstić information content (AvgIpc) is 2.39. The van der Waals surface area contributed by atoms with Crippen molar-refractivity contribution in [3.63, 3.8) is 0 Å². The minimum absolute atomic E-state index is 0.232. The lowest BCUT2D eigenvalue weighted by Crippen LogP contribution is -2.29. The van der Waals surface area contributed by atoms with Crippen LogP contribution in [0.1, 0.15) is 32.8 Å². The summed E-state index contributed by atoms with van der Waals surface area (Å²) in [4.78, 5) is 0. The van der Waals surface area contributed by atoms with Crippen molar-refractivity contribution in [2.45, 2.75) is 39.8 Å². The van der Waals surface area contributed by atoms with E-state index in [9.17, 15) is 0 Å². The summed E-state index contributed by atoms with van der Waals surface area (Å²) in [6.45, 7) is 9.38. The van der Waals surface area contributed by atoms with Crippen molar-refractivity contribution in [2.75, 3.05) is 20.1 Å². The molecular weight excluding hydrogens is 236 g/mol. The number of benzene rings is 1. The molecule has 0 aliphatic heterocycles. The fraction of sp³-hybridized carbons (Fsp3) is 0.625. The molecule has 0 aliphatic rings. The van der Waals surface area contributed by atoms with Gasteiger partial charge in [0.2, 0.25) is 0 Å². The van der Waals surface area contributed by atoms with Crippen LogP contribution < -0.4 is 15.4 Å². The molecule has 0 aromatic heterocycles. The third-order valence-electron chi connectivity index (χ3n) is 3.13. The molecule has 0 radical (unpaired) electrons. The molecule has 1 aromatic rings. The van der Waals surface area contributed by atoms with Crippen LogP contribution in [-0.4, -0.2) is 26.2 Å². The Labute approximate surface area is 117 Å². The SMILES string of the molecule is CCC(CNC)CNCc1ccc(OC(C)C)cc1. The Morgan fingerprint density at radius 2 is 1.79 bits per heavy atom. The van der Waals surface area contributed by atoms with E-state index in [4.69, 9.17) is 4.74 Å². The van der Waals surface area contributed by atoms with Crippen LogP contribution in [0.4, 0.5) is 0 Å². The Bertz CT molecular complexity index is 335. The molecule has 0 heterocycles. The van der Waals surface area contributed by atoms with Crippen molar-refractivity contribution in [2.24, 2.45) is 5.92 Å². The van der Waals surface area contributed by atoms with Crippen LogP contribution in [0.25, 0.3) is 0 Å². The van der Waals surface area contributed by atoms with Gasteiger partial charge in [-0.15, -0.1) is 0 Å². The molecule has 0 fully saturated rings. The molecule has 0 saturated heterocycles. The first-order chi connectivity index (χ1) is 9.15. The van der Waals surface area contributed by atoms with Gasteiger partial charge in [-0.2, -0.15) is 0 Å². The van der Waals surface area contributed by atoms with E-state index in [0.717, 1.165) is 25.4 Å². The van der Waals surface area contributed by atoms with Gasteiger partial charge in [0.15, 0.2) is 0 Å². The minimum Gasteiger partial charge on any atom is -0.491 e.